The Morgan fingerprint density at radius 2 is 1.86 bits per heavy atom. The predicted molar refractivity (Wildman–Crippen MR) is 86.2 cm³/mol. The van der Waals surface area contributed by atoms with Crippen molar-refractivity contribution in [2.24, 2.45) is 23.7 Å². The summed E-state index contributed by atoms with van der Waals surface area (Å²) in [5, 5.41) is 5.52. The first-order chi connectivity index (χ1) is 10.3. The molecule has 0 aromatic carbocycles. The molecule has 4 bridgehead atoms. The van der Waals surface area contributed by atoms with Crippen LogP contribution in [0.25, 0.3) is 0 Å². The monoisotopic (exact) mass is 303 g/mol. The van der Waals surface area contributed by atoms with Gasteiger partial charge in [0.25, 0.3) is 0 Å². The van der Waals surface area contributed by atoms with Crippen LogP contribution in [0.1, 0.15) is 49.8 Å². The van der Waals surface area contributed by atoms with Crippen molar-refractivity contribution in [1.82, 2.24) is 5.32 Å². The normalized spacial score (nSPS) is 36.9. The molecular weight excluding hydrogens is 278 g/mol. The smallest absolute Gasteiger partial charge is 0.220 e. The molecule has 0 aliphatic heterocycles. The highest BCUT2D eigenvalue weighted by molar-refractivity contribution is 7.09. The number of amides is 1. The van der Waals surface area contributed by atoms with Gasteiger partial charge in [-0.3, -0.25) is 4.79 Å². The van der Waals surface area contributed by atoms with Gasteiger partial charge in [0.05, 0.1) is 0 Å². The molecule has 1 amide bonds. The Balaban J connectivity index is 1.27. The topological polar surface area (TPSA) is 29.1 Å². The maximum absolute atomic E-state index is 12.3. The summed E-state index contributed by atoms with van der Waals surface area (Å²) < 4.78 is 0. The van der Waals surface area contributed by atoms with Crippen molar-refractivity contribution in [3.8, 4) is 0 Å². The Morgan fingerprint density at radius 1 is 1.14 bits per heavy atom. The van der Waals surface area contributed by atoms with Crippen molar-refractivity contribution in [2.75, 3.05) is 0 Å². The Hall–Kier alpha value is -0.830. The Morgan fingerprint density at radius 3 is 2.48 bits per heavy atom. The lowest BCUT2D eigenvalue weighted by Gasteiger charge is -2.54. The zero-order valence-corrected chi connectivity index (χ0v) is 13.4. The fraction of sp³-hybridized carbons (Fsp3) is 0.722. The third-order valence-corrected chi connectivity index (χ3v) is 6.90. The molecule has 4 saturated carbocycles. The number of nitrogens with one attached hydrogen (secondary N) is 1. The average Bonchev–Trinajstić information content (AvgIpc) is 2.95. The van der Waals surface area contributed by atoms with Crippen molar-refractivity contribution in [3.63, 3.8) is 0 Å². The second kappa shape index (κ2) is 5.75. The lowest BCUT2D eigenvalue weighted by atomic mass is 9.54. The summed E-state index contributed by atoms with van der Waals surface area (Å²) in [6.07, 6.45) is 9.74. The van der Waals surface area contributed by atoms with Crippen LogP contribution in [0.3, 0.4) is 0 Å². The van der Waals surface area contributed by atoms with E-state index in [1.54, 1.807) is 11.3 Å². The summed E-state index contributed by atoms with van der Waals surface area (Å²) in [4.78, 5) is 13.7. The first-order valence-electron chi connectivity index (χ1n) is 8.59. The molecule has 4 aliphatic carbocycles. The highest BCUT2D eigenvalue weighted by Gasteiger charge is 2.48. The second-order valence-corrected chi connectivity index (χ2v) is 8.49. The molecule has 0 atom stereocenters. The highest BCUT2D eigenvalue weighted by atomic mass is 32.1. The second-order valence-electron chi connectivity index (χ2n) is 7.46. The minimum absolute atomic E-state index is 0.295. The van der Waals surface area contributed by atoms with Crippen molar-refractivity contribution < 1.29 is 4.79 Å². The van der Waals surface area contributed by atoms with Crippen LogP contribution >= 0.6 is 11.3 Å². The predicted octanol–water partition coefficient (Wildman–Crippen LogP) is 4.01. The summed E-state index contributed by atoms with van der Waals surface area (Å²) >= 11 is 1.80. The molecule has 4 aliphatic rings. The van der Waals surface area contributed by atoms with Crippen molar-refractivity contribution in [2.45, 2.75) is 57.4 Å². The molecule has 5 rings (SSSR count). The summed E-state index contributed by atoms with van der Waals surface area (Å²) in [5.41, 5.74) is 0. The van der Waals surface area contributed by atoms with E-state index in [0.717, 1.165) is 36.5 Å². The van der Waals surface area contributed by atoms with Gasteiger partial charge in [-0.1, -0.05) is 6.07 Å². The fourth-order valence-corrected chi connectivity index (χ4v) is 6.05. The highest BCUT2D eigenvalue weighted by Crippen LogP contribution is 2.53. The van der Waals surface area contributed by atoms with Crippen LogP contribution in [0.2, 0.25) is 0 Å². The van der Waals surface area contributed by atoms with E-state index >= 15 is 0 Å². The minimum Gasteiger partial charge on any atom is -0.353 e. The molecule has 0 unspecified atom stereocenters. The molecule has 1 heterocycles. The van der Waals surface area contributed by atoms with E-state index in [4.69, 9.17) is 0 Å². The summed E-state index contributed by atoms with van der Waals surface area (Å²) in [6.45, 7) is 0. The maximum atomic E-state index is 12.3. The molecule has 4 fully saturated rings. The van der Waals surface area contributed by atoms with Crippen LogP contribution in [-0.4, -0.2) is 11.9 Å². The summed E-state index contributed by atoms with van der Waals surface area (Å²) in [6, 6.07) is 4.77. The van der Waals surface area contributed by atoms with Crippen molar-refractivity contribution in [1.29, 1.82) is 0 Å². The quantitative estimate of drug-likeness (QED) is 0.875. The molecule has 1 aromatic rings. The molecule has 3 heteroatoms. The lowest BCUT2D eigenvalue weighted by molar-refractivity contribution is -0.125. The minimum atomic E-state index is 0.295. The van der Waals surface area contributed by atoms with Crippen LogP contribution in [-0.2, 0) is 11.2 Å². The fourth-order valence-electron chi connectivity index (χ4n) is 5.30. The van der Waals surface area contributed by atoms with E-state index in [1.807, 2.05) is 0 Å². The van der Waals surface area contributed by atoms with E-state index in [0.29, 0.717) is 18.4 Å². The zero-order valence-electron chi connectivity index (χ0n) is 12.6. The first-order valence-corrected chi connectivity index (χ1v) is 9.47. The third kappa shape index (κ3) is 2.90. The third-order valence-electron chi connectivity index (χ3n) is 5.96. The van der Waals surface area contributed by atoms with Crippen LogP contribution in [0, 0.1) is 23.7 Å². The lowest BCUT2D eigenvalue weighted by Crippen LogP contribution is -2.55. The number of hydrogen-bond donors (Lipinski definition) is 1. The van der Waals surface area contributed by atoms with Gasteiger partial charge in [-0.05, 0) is 80.1 Å². The number of thiophene rings is 1. The van der Waals surface area contributed by atoms with Crippen LogP contribution in [0.5, 0.6) is 0 Å². The Bertz CT molecular complexity index is 467. The van der Waals surface area contributed by atoms with E-state index in [1.165, 1.54) is 37.0 Å². The molecule has 21 heavy (non-hydrogen) atoms. The van der Waals surface area contributed by atoms with Gasteiger partial charge < -0.3 is 5.32 Å². The van der Waals surface area contributed by atoms with Gasteiger partial charge in [0.1, 0.15) is 0 Å². The molecule has 0 radical (unpaired) electrons. The van der Waals surface area contributed by atoms with E-state index in [2.05, 4.69) is 22.8 Å². The van der Waals surface area contributed by atoms with Crippen molar-refractivity contribution >= 4 is 17.2 Å². The number of hydrogen-bond acceptors (Lipinski definition) is 2. The van der Waals surface area contributed by atoms with E-state index < -0.39 is 0 Å². The largest absolute Gasteiger partial charge is 0.353 e. The summed E-state index contributed by atoms with van der Waals surface area (Å²) in [5.74, 6) is 3.85. The van der Waals surface area contributed by atoms with Gasteiger partial charge in [-0.15, -0.1) is 11.3 Å². The number of rotatable bonds is 5. The number of carbonyl (C=O) groups excluding carboxylic acids is 1. The molecule has 0 saturated heterocycles. The Labute approximate surface area is 131 Å². The van der Waals surface area contributed by atoms with Gasteiger partial charge in [0.2, 0.25) is 5.91 Å². The number of carbonyl (C=O) groups is 1. The summed E-state index contributed by atoms with van der Waals surface area (Å²) in [7, 11) is 0. The average molecular weight is 303 g/mol. The van der Waals surface area contributed by atoms with Crippen LogP contribution in [0.15, 0.2) is 17.5 Å². The van der Waals surface area contributed by atoms with E-state index in [9.17, 15) is 4.79 Å². The van der Waals surface area contributed by atoms with Gasteiger partial charge in [0.15, 0.2) is 0 Å². The zero-order chi connectivity index (χ0) is 14.2. The number of aryl methyl sites for hydroxylation is 1. The standard InChI is InChI=1S/C18H25NOS/c20-17(5-1-3-16-4-2-6-21-16)19-18-14-8-12-7-13(10-14)11-15(18)9-12/h2,4,6,12-15,18H,1,3,5,7-11H2,(H,19,20). The van der Waals surface area contributed by atoms with Gasteiger partial charge >= 0.3 is 0 Å². The molecule has 1 N–H and O–H groups in total. The molecule has 2 nitrogen and oxygen atoms in total. The first kappa shape index (κ1) is 13.8. The van der Waals surface area contributed by atoms with Gasteiger partial charge in [0, 0.05) is 17.3 Å². The van der Waals surface area contributed by atoms with Crippen molar-refractivity contribution in [3.05, 3.63) is 22.4 Å². The van der Waals surface area contributed by atoms with Gasteiger partial charge in [-0.2, -0.15) is 0 Å². The molecular formula is C18H25NOS. The maximum Gasteiger partial charge on any atom is 0.220 e. The Kier molecular flexibility index (Phi) is 3.78. The van der Waals surface area contributed by atoms with Gasteiger partial charge in [-0.25, -0.2) is 0 Å². The molecule has 1 aromatic heterocycles. The molecule has 114 valence electrons. The van der Waals surface area contributed by atoms with Crippen LogP contribution < -0.4 is 5.32 Å². The molecule has 0 spiro atoms. The SMILES string of the molecule is O=C(CCCc1cccs1)NC1C2CC3CC(C2)CC1C3. The van der Waals surface area contributed by atoms with Crippen LogP contribution in [0.4, 0.5) is 0 Å². The van der Waals surface area contributed by atoms with E-state index in [-0.39, 0.29) is 0 Å².